The Balaban J connectivity index is 1.34. The Morgan fingerprint density at radius 2 is 0.833 bits per heavy atom. The third kappa shape index (κ3) is 4.47. The lowest BCUT2D eigenvalue weighted by atomic mass is 9.83. The Labute approximate surface area is 308 Å². The molecular formula is C48H30O6. The van der Waals surface area contributed by atoms with Gasteiger partial charge in [0.05, 0.1) is 5.56 Å². The number of fused-ring (bicyclic) bond motifs is 6. The van der Waals surface area contributed by atoms with Gasteiger partial charge in [-0.25, -0.2) is 0 Å². The van der Waals surface area contributed by atoms with Crippen molar-refractivity contribution in [2.45, 2.75) is 0 Å². The molecule has 1 aromatic heterocycles. The van der Waals surface area contributed by atoms with Crippen molar-refractivity contribution >= 4 is 54.3 Å². The van der Waals surface area contributed by atoms with Crippen LogP contribution in [0.25, 0.3) is 98.8 Å². The number of furan rings is 1. The van der Waals surface area contributed by atoms with Gasteiger partial charge in [0, 0.05) is 21.9 Å². The van der Waals surface area contributed by atoms with E-state index in [-0.39, 0.29) is 5.56 Å². The van der Waals surface area contributed by atoms with E-state index in [0.717, 1.165) is 76.9 Å². The van der Waals surface area contributed by atoms with Gasteiger partial charge in [-0.15, -0.1) is 0 Å². The first kappa shape index (κ1) is 31.3. The van der Waals surface area contributed by atoms with Crippen molar-refractivity contribution in [1.82, 2.24) is 0 Å². The van der Waals surface area contributed by atoms with Gasteiger partial charge in [-0.2, -0.15) is 0 Å². The molecule has 0 unspecified atom stereocenters. The molecule has 0 fully saturated rings. The second-order valence-corrected chi connectivity index (χ2v) is 13.5. The van der Waals surface area contributed by atoms with Crippen molar-refractivity contribution in [1.29, 1.82) is 0 Å². The largest absolute Gasteiger partial charge is 0.504 e. The summed E-state index contributed by atoms with van der Waals surface area (Å²) in [6, 6.07) is 50.8. The lowest BCUT2D eigenvalue weighted by Gasteiger charge is -2.21. The Morgan fingerprint density at radius 1 is 0.315 bits per heavy atom. The minimum absolute atomic E-state index is 0.186. The van der Waals surface area contributed by atoms with Gasteiger partial charge >= 0.3 is 0 Å². The number of rotatable bonds is 4. The summed E-state index contributed by atoms with van der Waals surface area (Å²) in [5.41, 5.74) is 7.95. The van der Waals surface area contributed by atoms with Crippen LogP contribution in [0.3, 0.4) is 0 Å². The molecule has 5 N–H and O–H groups in total. The molecule has 0 atom stereocenters. The smallest absolute Gasteiger partial charge is 0.208 e. The summed E-state index contributed by atoms with van der Waals surface area (Å²) in [6.07, 6.45) is 0. The molecule has 258 valence electrons. The second kappa shape index (κ2) is 11.8. The highest BCUT2D eigenvalue weighted by atomic mass is 16.4. The average molecular weight is 703 g/mol. The molecule has 0 saturated heterocycles. The molecule has 6 nitrogen and oxygen atoms in total. The highest BCUT2D eigenvalue weighted by Crippen LogP contribution is 2.58. The fourth-order valence-corrected chi connectivity index (χ4v) is 8.25. The van der Waals surface area contributed by atoms with Gasteiger partial charge in [-0.05, 0) is 90.5 Å². The van der Waals surface area contributed by atoms with Crippen molar-refractivity contribution in [3.63, 3.8) is 0 Å². The molecule has 0 saturated carbocycles. The topological polar surface area (TPSA) is 114 Å². The number of aromatic hydroxyl groups is 5. The highest BCUT2D eigenvalue weighted by molar-refractivity contribution is 6.24. The summed E-state index contributed by atoms with van der Waals surface area (Å²) < 4.78 is 6.39. The SMILES string of the molecule is Oc1c(O)c(O)c(-c2c3ccccc3c(-c3cc(-c4ccc5oc6ccccc6c5c4-c4ccccc4)c4ccccc4c3)c3ccccc23)c(O)c1O. The van der Waals surface area contributed by atoms with E-state index < -0.39 is 28.7 Å². The lowest BCUT2D eigenvalue weighted by Crippen LogP contribution is -1.94. The first-order chi connectivity index (χ1) is 26.4. The minimum Gasteiger partial charge on any atom is -0.504 e. The van der Waals surface area contributed by atoms with E-state index in [1.54, 1.807) is 0 Å². The molecule has 6 heteroatoms. The molecule has 0 spiro atoms. The van der Waals surface area contributed by atoms with E-state index in [1.165, 1.54) is 0 Å². The second-order valence-electron chi connectivity index (χ2n) is 13.5. The molecule has 10 aromatic rings. The van der Waals surface area contributed by atoms with Crippen LogP contribution < -0.4 is 0 Å². The number of benzene rings is 9. The van der Waals surface area contributed by atoms with Crippen molar-refractivity contribution in [2.75, 3.05) is 0 Å². The number of hydrogen-bond acceptors (Lipinski definition) is 6. The molecule has 0 aliphatic carbocycles. The van der Waals surface area contributed by atoms with Crippen LogP contribution in [0.4, 0.5) is 0 Å². The fourth-order valence-electron chi connectivity index (χ4n) is 8.25. The van der Waals surface area contributed by atoms with E-state index in [9.17, 15) is 25.5 Å². The van der Waals surface area contributed by atoms with E-state index in [2.05, 4.69) is 72.8 Å². The van der Waals surface area contributed by atoms with E-state index >= 15 is 0 Å². The van der Waals surface area contributed by atoms with Crippen LogP contribution in [0.2, 0.25) is 0 Å². The Hall–Kier alpha value is -7.44. The van der Waals surface area contributed by atoms with E-state index in [1.807, 2.05) is 78.9 Å². The predicted molar refractivity (Wildman–Crippen MR) is 216 cm³/mol. The van der Waals surface area contributed by atoms with Crippen LogP contribution in [0, 0.1) is 0 Å². The quantitative estimate of drug-likeness (QED) is 0.0708. The molecule has 1 heterocycles. The first-order valence-electron chi connectivity index (χ1n) is 17.6. The van der Waals surface area contributed by atoms with Crippen LogP contribution in [-0.2, 0) is 0 Å². The van der Waals surface area contributed by atoms with Gasteiger partial charge in [0.1, 0.15) is 11.2 Å². The van der Waals surface area contributed by atoms with Crippen LogP contribution in [0.5, 0.6) is 28.7 Å². The predicted octanol–water partition coefficient (Wildman–Crippen LogP) is 12.2. The van der Waals surface area contributed by atoms with Gasteiger partial charge in [0.15, 0.2) is 11.5 Å². The summed E-state index contributed by atoms with van der Waals surface area (Å²) >= 11 is 0. The van der Waals surface area contributed by atoms with Gasteiger partial charge in [-0.1, -0.05) is 121 Å². The van der Waals surface area contributed by atoms with E-state index in [4.69, 9.17) is 4.42 Å². The Bertz CT molecular complexity index is 3070. The molecule has 0 bridgehead atoms. The number of hydrogen-bond donors (Lipinski definition) is 5. The molecule has 0 aliphatic heterocycles. The number of phenols is 5. The molecule has 0 amide bonds. The maximum absolute atomic E-state index is 11.2. The molecule has 54 heavy (non-hydrogen) atoms. The van der Waals surface area contributed by atoms with Crippen molar-refractivity contribution < 1.29 is 29.9 Å². The molecule has 0 aliphatic rings. The zero-order chi connectivity index (χ0) is 36.7. The minimum atomic E-state index is -1.00. The Kier molecular flexibility index (Phi) is 6.84. The maximum atomic E-state index is 11.2. The summed E-state index contributed by atoms with van der Waals surface area (Å²) in [5, 5.41) is 61.0. The van der Waals surface area contributed by atoms with E-state index in [0.29, 0.717) is 16.3 Å². The monoisotopic (exact) mass is 702 g/mol. The third-order valence-electron chi connectivity index (χ3n) is 10.6. The lowest BCUT2D eigenvalue weighted by molar-refractivity contribution is 0.330. The van der Waals surface area contributed by atoms with Crippen molar-refractivity contribution in [3.8, 4) is 73.3 Å². The summed E-state index contributed by atoms with van der Waals surface area (Å²) in [6.45, 7) is 0. The normalized spacial score (nSPS) is 11.7. The standard InChI is InChI=1S/C48H30O6/c49-44-43(45(50)47(52)48(53)46(44)51)41-32-18-8-6-16-30(32)39(31-17-7-9-19-33(31)41)28-24-27-14-4-5-15-29(27)36(25-28)34-22-23-38-42(35-20-10-11-21-37(35)54-38)40(34)26-12-2-1-3-13-26/h1-25,49-53H. The average Bonchev–Trinajstić information content (AvgIpc) is 3.60. The summed E-state index contributed by atoms with van der Waals surface area (Å²) in [7, 11) is 0. The van der Waals surface area contributed by atoms with Crippen LogP contribution >= 0.6 is 0 Å². The molecule has 10 rings (SSSR count). The summed E-state index contributed by atoms with van der Waals surface area (Å²) in [4.78, 5) is 0. The van der Waals surface area contributed by atoms with Gasteiger partial charge in [-0.3, -0.25) is 0 Å². The van der Waals surface area contributed by atoms with Crippen LogP contribution in [0.15, 0.2) is 156 Å². The Morgan fingerprint density at radius 3 is 1.48 bits per heavy atom. The third-order valence-corrected chi connectivity index (χ3v) is 10.6. The van der Waals surface area contributed by atoms with Crippen LogP contribution in [0.1, 0.15) is 0 Å². The number of para-hydroxylation sites is 1. The maximum Gasteiger partial charge on any atom is 0.208 e. The first-order valence-corrected chi connectivity index (χ1v) is 17.6. The van der Waals surface area contributed by atoms with Gasteiger partial charge in [0.2, 0.25) is 17.2 Å². The molecule has 0 radical (unpaired) electrons. The highest BCUT2D eigenvalue weighted by Gasteiger charge is 2.28. The van der Waals surface area contributed by atoms with Crippen molar-refractivity contribution in [3.05, 3.63) is 152 Å². The zero-order valence-electron chi connectivity index (χ0n) is 28.6. The van der Waals surface area contributed by atoms with Crippen molar-refractivity contribution in [2.24, 2.45) is 0 Å². The fraction of sp³-hybridized carbons (Fsp3) is 0. The van der Waals surface area contributed by atoms with Gasteiger partial charge in [0.25, 0.3) is 0 Å². The zero-order valence-corrected chi connectivity index (χ0v) is 28.6. The molecular weight excluding hydrogens is 673 g/mol. The summed E-state index contributed by atoms with van der Waals surface area (Å²) in [5.74, 6) is -4.33. The molecule has 9 aromatic carbocycles. The van der Waals surface area contributed by atoms with Crippen LogP contribution in [-0.4, -0.2) is 25.5 Å². The van der Waals surface area contributed by atoms with Gasteiger partial charge < -0.3 is 29.9 Å². The number of phenolic OH excluding ortho intramolecular Hbond substituents is 5.